The van der Waals surface area contributed by atoms with Gasteiger partial charge < -0.3 is 9.84 Å². The summed E-state index contributed by atoms with van der Waals surface area (Å²) >= 11 is 11.9. The first-order valence-corrected chi connectivity index (χ1v) is 7.72. The highest BCUT2D eigenvalue weighted by Gasteiger charge is 2.45. The lowest BCUT2D eigenvalue weighted by Crippen LogP contribution is -2.53. The van der Waals surface area contributed by atoms with Crippen LogP contribution >= 0.6 is 23.2 Å². The highest BCUT2D eigenvalue weighted by Crippen LogP contribution is 2.35. The quantitative estimate of drug-likeness (QED) is 0.820. The van der Waals surface area contributed by atoms with E-state index in [9.17, 15) is 9.50 Å². The minimum atomic E-state index is -1.52. The van der Waals surface area contributed by atoms with Crippen LogP contribution in [0, 0.1) is 5.41 Å². The maximum atomic E-state index is 13.4. The Morgan fingerprint density at radius 1 is 1.35 bits per heavy atom. The van der Waals surface area contributed by atoms with Gasteiger partial charge in [0, 0.05) is 10.4 Å². The van der Waals surface area contributed by atoms with E-state index in [4.69, 9.17) is 27.9 Å². The van der Waals surface area contributed by atoms with E-state index >= 15 is 0 Å². The summed E-state index contributed by atoms with van der Waals surface area (Å²) in [5.41, 5.74) is -2.57. The molecular weight excluding hydrogens is 344 g/mol. The van der Waals surface area contributed by atoms with E-state index in [0.29, 0.717) is 15.8 Å². The van der Waals surface area contributed by atoms with Gasteiger partial charge in [-0.05, 0) is 18.2 Å². The van der Waals surface area contributed by atoms with Gasteiger partial charge in [0.05, 0.1) is 18.2 Å². The fourth-order valence-electron chi connectivity index (χ4n) is 1.95. The third kappa shape index (κ3) is 4.13. The van der Waals surface area contributed by atoms with Crippen molar-refractivity contribution < 1.29 is 14.2 Å². The van der Waals surface area contributed by atoms with Gasteiger partial charge in [0.25, 0.3) is 0 Å². The molecule has 0 bridgehead atoms. The number of ether oxygens (including phenoxy) is 1. The van der Waals surface area contributed by atoms with Gasteiger partial charge in [-0.1, -0.05) is 37.0 Å². The molecule has 0 fully saturated rings. The molecule has 126 valence electrons. The van der Waals surface area contributed by atoms with E-state index in [2.05, 4.69) is 10.1 Å². The molecule has 0 spiro atoms. The third-order valence-corrected chi connectivity index (χ3v) is 4.37. The normalized spacial score (nSPS) is 14.5. The molecule has 1 N–H and O–H groups in total. The van der Waals surface area contributed by atoms with Crippen LogP contribution < -0.4 is 4.74 Å². The lowest BCUT2D eigenvalue weighted by molar-refractivity contribution is -0.116. The van der Waals surface area contributed by atoms with Crippen LogP contribution in [-0.4, -0.2) is 38.8 Å². The Hall–Kier alpha value is -1.37. The highest BCUT2D eigenvalue weighted by molar-refractivity contribution is 6.35. The minimum Gasteiger partial charge on any atom is -0.489 e. The zero-order valence-corrected chi connectivity index (χ0v) is 14.4. The maximum Gasteiger partial charge on any atom is 0.138 e. The van der Waals surface area contributed by atoms with Gasteiger partial charge in [-0.3, -0.25) is 4.39 Å². The second-order valence-corrected chi connectivity index (χ2v) is 6.85. The predicted octanol–water partition coefficient (Wildman–Crippen LogP) is 3.39. The van der Waals surface area contributed by atoms with Crippen molar-refractivity contribution in [2.24, 2.45) is 5.41 Å². The number of benzene rings is 1. The smallest absolute Gasteiger partial charge is 0.138 e. The first kappa shape index (κ1) is 18.0. The van der Waals surface area contributed by atoms with Crippen molar-refractivity contribution in [2.45, 2.75) is 26.0 Å². The van der Waals surface area contributed by atoms with Crippen molar-refractivity contribution in [3.63, 3.8) is 0 Å². The molecule has 0 saturated heterocycles. The van der Waals surface area contributed by atoms with Crippen molar-refractivity contribution in [1.82, 2.24) is 14.8 Å². The minimum absolute atomic E-state index is 0.0368. The second-order valence-electron chi connectivity index (χ2n) is 6.01. The number of rotatable bonds is 7. The molecule has 0 aliphatic heterocycles. The number of nitrogens with zero attached hydrogens (tertiary/aromatic N) is 3. The van der Waals surface area contributed by atoms with Crippen LogP contribution in [0.15, 0.2) is 30.9 Å². The van der Waals surface area contributed by atoms with E-state index in [1.54, 1.807) is 26.0 Å². The highest BCUT2D eigenvalue weighted by atomic mass is 35.5. The summed E-state index contributed by atoms with van der Waals surface area (Å²) in [4.78, 5) is 3.83. The van der Waals surface area contributed by atoms with E-state index < -0.39 is 17.7 Å². The lowest BCUT2D eigenvalue weighted by atomic mass is 9.76. The Bertz CT molecular complexity index is 652. The van der Waals surface area contributed by atoms with Gasteiger partial charge >= 0.3 is 0 Å². The van der Waals surface area contributed by atoms with Crippen molar-refractivity contribution in [2.75, 3.05) is 13.3 Å². The van der Waals surface area contributed by atoms with Gasteiger partial charge in [-0.2, -0.15) is 5.10 Å². The molecule has 2 rings (SSSR count). The molecule has 8 heteroatoms. The van der Waals surface area contributed by atoms with Crippen LogP contribution in [-0.2, 0) is 6.54 Å². The monoisotopic (exact) mass is 361 g/mol. The molecule has 2 aromatic rings. The zero-order chi connectivity index (χ0) is 17.1. The Morgan fingerprint density at radius 2 is 2.09 bits per heavy atom. The average Bonchev–Trinajstić information content (AvgIpc) is 2.99. The Labute approximate surface area is 144 Å². The second kappa shape index (κ2) is 7.03. The first-order chi connectivity index (χ1) is 10.8. The van der Waals surface area contributed by atoms with Crippen molar-refractivity contribution in [3.05, 3.63) is 40.9 Å². The molecule has 0 saturated carbocycles. The van der Waals surface area contributed by atoms with Gasteiger partial charge in [-0.25, -0.2) is 9.67 Å². The van der Waals surface area contributed by atoms with Gasteiger partial charge in [0.15, 0.2) is 0 Å². The first-order valence-electron chi connectivity index (χ1n) is 6.96. The van der Waals surface area contributed by atoms with E-state index in [1.807, 2.05) is 0 Å². The van der Waals surface area contributed by atoms with Crippen LogP contribution in [0.1, 0.15) is 13.8 Å². The molecule has 1 unspecified atom stereocenters. The molecule has 5 nitrogen and oxygen atoms in total. The fourth-order valence-corrected chi connectivity index (χ4v) is 2.41. The molecule has 1 aromatic heterocycles. The Balaban J connectivity index is 2.20. The molecule has 1 atom stereocenters. The van der Waals surface area contributed by atoms with Gasteiger partial charge in [0.1, 0.15) is 30.6 Å². The summed E-state index contributed by atoms with van der Waals surface area (Å²) in [6.07, 6.45) is 2.80. The van der Waals surface area contributed by atoms with Crippen LogP contribution in [0.4, 0.5) is 4.39 Å². The summed E-state index contributed by atoms with van der Waals surface area (Å²) in [6.45, 7) is 2.39. The SMILES string of the molecule is CC(C)(CF)C(O)(COc1ccc(Cl)cc1Cl)Cn1cncn1. The largest absolute Gasteiger partial charge is 0.489 e. The van der Waals surface area contributed by atoms with Crippen LogP contribution in [0.25, 0.3) is 0 Å². The van der Waals surface area contributed by atoms with Crippen LogP contribution in [0.5, 0.6) is 5.75 Å². The zero-order valence-electron chi connectivity index (χ0n) is 12.8. The van der Waals surface area contributed by atoms with Crippen LogP contribution in [0.3, 0.4) is 0 Å². The summed E-state index contributed by atoms with van der Waals surface area (Å²) in [5.74, 6) is 0.364. The van der Waals surface area contributed by atoms with E-state index in [1.165, 1.54) is 23.4 Å². The molecule has 0 aliphatic rings. The number of halogens is 3. The molecule has 1 heterocycles. The van der Waals surface area contributed by atoms with E-state index in [0.717, 1.165) is 0 Å². The topological polar surface area (TPSA) is 60.2 Å². The number of hydrogen-bond donors (Lipinski definition) is 1. The summed E-state index contributed by atoms with van der Waals surface area (Å²) in [7, 11) is 0. The summed E-state index contributed by atoms with van der Waals surface area (Å²) < 4.78 is 20.5. The van der Waals surface area contributed by atoms with Gasteiger partial charge in [0.2, 0.25) is 0 Å². The van der Waals surface area contributed by atoms with Crippen molar-refractivity contribution in [1.29, 1.82) is 0 Å². The van der Waals surface area contributed by atoms with Crippen molar-refractivity contribution in [3.8, 4) is 5.75 Å². The maximum absolute atomic E-state index is 13.4. The Morgan fingerprint density at radius 3 is 2.65 bits per heavy atom. The molecular formula is C15H18Cl2FN3O2. The summed E-state index contributed by atoms with van der Waals surface area (Å²) in [5, 5.41) is 15.7. The lowest BCUT2D eigenvalue weighted by Gasteiger charge is -2.40. The molecule has 23 heavy (non-hydrogen) atoms. The van der Waals surface area contributed by atoms with Crippen molar-refractivity contribution >= 4 is 23.2 Å². The number of aliphatic hydroxyl groups is 1. The number of aromatic nitrogens is 3. The molecule has 1 aromatic carbocycles. The average molecular weight is 362 g/mol. The van der Waals surface area contributed by atoms with E-state index in [-0.39, 0.29) is 13.2 Å². The summed E-state index contributed by atoms with van der Waals surface area (Å²) in [6, 6.07) is 4.76. The third-order valence-electron chi connectivity index (χ3n) is 3.84. The molecule has 0 amide bonds. The van der Waals surface area contributed by atoms with Gasteiger partial charge in [-0.15, -0.1) is 0 Å². The predicted molar refractivity (Wildman–Crippen MR) is 86.7 cm³/mol. The standard InChI is InChI=1S/C15H18Cl2FN3O2/c1-14(2,6-18)15(22,7-21-10-19-9-20-21)8-23-13-4-3-11(16)5-12(13)17/h3-5,9-10,22H,6-8H2,1-2H3. The van der Waals surface area contributed by atoms with Crippen LogP contribution in [0.2, 0.25) is 10.0 Å². The Kier molecular flexibility index (Phi) is 5.49. The number of alkyl halides is 1. The molecule has 0 radical (unpaired) electrons. The molecule has 0 aliphatic carbocycles. The fraction of sp³-hybridized carbons (Fsp3) is 0.467. The number of hydrogen-bond acceptors (Lipinski definition) is 4.